The Morgan fingerprint density at radius 1 is 1.11 bits per heavy atom. The van der Waals surface area contributed by atoms with Crippen molar-refractivity contribution in [3.63, 3.8) is 0 Å². The molecule has 0 atom stereocenters. The molecule has 1 aromatic rings. The van der Waals surface area contributed by atoms with Gasteiger partial charge in [0.25, 0.3) is 0 Å². The van der Waals surface area contributed by atoms with E-state index in [0.29, 0.717) is 6.04 Å². The zero-order valence-corrected chi connectivity index (χ0v) is 13.1. The van der Waals surface area contributed by atoms with Gasteiger partial charge in [-0.3, -0.25) is 0 Å². The number of anilines is 1. The first-order valence-corrected chi connectivity index (χ1v) is 7.75. The van der Waals surface area contributed by atoms with E-state index in [4.69, 9.17) is 0 Å². The number of benzene rings is 1. The lowest BCUT2D eigenvalue weighted by atomic mass is 10.1. The van der Waals surface area contributed by atoms with Gasteiger partial charge in [0.1, 0.15) is 0 Å². The van der Waals surface area contributed by atoms with Gasteiger partial charge < -0.3 is 10.2 Å². The molecule has 0 saturated heterocycles. The summed E-state index contributed by atoms with van der Waals surface area (Å²) in [4.78, 5) is 2.54. The van der Waals surface area contributed by atoms with Crippen LogP contribution in [0.2, 0.25) is 0 Å². The summed E-state index contributed by atoms with van der Waals surface area (Å²) in [5, 5.41) is 3.44. The number of para-hydroxylation sites is 1. The molecule has 0 bridgehead atoms. The van der Waals surface area contributed by atoms with Crippen molar-refractivity contribution in [2.24, 2.45) is 0 Å². The topological polar surface area (TPSA) is 15.3 Å². The maximum absolute atomic E-state index is 3.44. The monoisotopic (exact) mass is 262 g/mol. The van der Waals surface area contributed by atoms with Crippen LogP contribution in [0.4, 0.5) is 5.69 Å². The third-order valence-electron chi connectivity index (χ3n) is 3.49. The van der Waals surface area contributed by atoms with E-state index in [1.807, 2.05) is 0 Å². The summed E-state index contributed by atoms with van der Waals surface area (Å²) in [6.07, 6.45) is 3.88. The molecule has 0 spiro atoms. The molecule has 1 N–H and O–H groups in total. The molecule has 0 unspecified atom stereocenters. The van der Waals surface area contributed by atoms with Crippen LogP contribution in [-0.2, 0) is 6.54 Å². The number of rotatable bonds is 9. The third-order valence-corrected chi connectivity index (χ3v) is 3.49. The van der Waals surface area contributed by atoms with Crippen LogP contribution in [-0.4, -0.2) is 19.1 Å². The highest BCUT2D eigenvalue weighted by molar-refractivity contribution is 5.54. The highest BCUT2D eigenvalue weighted by Gasteiger charge is 2.13. The second kappa shape index (κ2) is 8.98. The van der Waals surface area contributed by atoms with Gasteiger partial charge in [-0.2, -0.15) is 0 Å². The minimum Gasteiger partial charge on any atom is -0.369 e. The van der Waals surface area contributed by atoms with Crippen molar-refractivity contribution in [1.82, 2.24) is 5.32 Å². The van der Waals surface area contributed by atoms with E-state index < -0.39 is 0 Å². The van der Waals surface area contributed by atoms with Gasteiger partial charge >= 0.3 is 0 Å². The normalized spacial score (nSPS) is 11.0. The van der Waals surface area contributed by atoms with Crippen LogP contribution < -0.4 is 10.2 Å². The SMILES string of the molecule is CCCCCN(c1ccccc1CNCC)C(C)C. The summed E-state index contributed by atoms with van der Waals surface area (Å²) in [5.41, 5.74) is 2.81. The van der Waals surface area contributed by atoms with Crippen LogP contribution in [0, 0.1) is 0 Å². The molecule has 0 heterocycles. The van der Waals surface area contributed by atoms with Gasteiger partial charge in [-0.05, 0) is 38.4 Å². The lowest BCUT2D eigenvalue weighted by Gasteiger charge is -2.31. The van der Waals surface area contributed by atoms with Gasteiger partial charge in [-0.15, -0.1) is 0 Å². The van der Waals surface area contributed by atoms with Crippen LogP contribution in [0.25, 0.3) is 0 Å². The summed E-state index contributed by atoms with van der Waals surface area (Å²) in [7, 11) is 0. The highest BCUT2D eigenvalue weighted by atomic mass is 15.2. The number of unbranched alkanes of at least 4 members (excludes halogenated alkanes) is 2. The predicted octanol–water partition coefficient (Wildman–Crippen LogP) is 4.20. The quantitative estimate of drug-likeness (QED) is 0.671. The Morgan fingerprint density at radius 3 is 2.47 bits per heavy atom. The third kappa shape index (κ3) is 5.23. The van der Waals surface area contributed by atoms with Crippen molar-refractivity contribution in [2.75, 3.05) is 18.0 Å². The molecule has 0 fully saturated rings. The van der Waals surface area contributed by atoms with E-state index in [9.17, 15) is 0 Å². The van der Waals surface area contributed by atoms with Crippen molar-refractivity contribution in [3.05, 3.63) is 29.8 Å². The molecule has 0 radical (unpaired) electrons. The summed E-state index contributed by atoms with van der Waals surface area (Å²) in [6.45, 7) is 12.1. The zero-order chi connectivity index (χ0) is 14.1. The molecule has 0 aliphatic rings. The molecule has 0 saturated carbocycles. The summed E-state index contributed by atoms with van der Waals surface area (Å²) in [6, 6.07) is 9.35. The predicted molar refractivity (Wildman–Crippen MR) is 85.8 cm³/mol. The van der Waals surface area contributed by atoms with Crippen LogP contribution in [0.5, 0.6) is 0 Å². The molecule has 0 aliphatic heterocycles. The molecule has 19 heavy (non-hydrogen) atoms. The van der Waals surface area contributed by atoms with E-state index in [2.05, 4.69) is 62.2 Å². The Hall–Kier alpha value is -1.02. The van der Waals surface area contributed by atoms with E-state index in [1.165, 1.54) is 30.5 Å². The molecule has 0 aromatic heterocycles. The van der Waals surface area contributed by atoms with Gasteiger partial charge in [0.15, 0.2) is 0 Å². The summed E-state index contributed by atoms with van der Waals surface area (Å²) >= 11 is 0. The van der Waals surface area contributed by atoms with E-state index >= 15 is 0 Å². The number of nitrogens with zero attached hydrogens (tertiary/aromatic N) is 1. The maximum Gasteiger partial charge on any atom is 0.0414 e. The molecule has 0 amide bonds. The Bertz CT molecular complexity index is 347. The lowest BCUT2D eigenvalue weighted by Crippen LogP contribution is -2.33. The van der Waals surface area contributed by atoms with Gasteiger partial charge in [0, 0.05) is 24.8 Å². The number of nitrogens with one attached hydrogen (secondary N) is 1. The Labute approximate surface area is 119 Å². The van der Waals surface area contributed by atoms with Crippen LogP contribution >= 0.6 is 0 Å². The van der Waals surface area contributed by atoms with E-state index in [-0.39, 0.29) is 0 Å². The molecule has 1 rings (SSSR count). The molecule has 2 nitrogen and oxygen atoms in total. The average Bonchev–Trinajstić information content (AvgIpc) is 2.41. The molecular weight excluding hydrogens is 232 g/mol. The van der Waals surface area contributed by atoms with Gasteiger partial charge in [-0.1, -0.05) is 44.9 Å². The number of hydrogen-bond donors (Lipinski definition) is 1. The fraction of sp³-hybridized carbons (Fsp3) is 0.647. The zero-order valence-electron chi connectivity index (χ0n) is 13.1. The lowest BCUT2D eigenvalue weighted by molar-refractivity contribution is 0.620. The fourth-order valence-corrected chi connectivity index (χ4v) is 2.39. The molecule has 108 valence electrons. The van der Waals surface area contributed by atoms with Crippen molar-refractivity contribution >= 4 is 5.69 Å². The highest BCUT2D eigenvalue weighted by Crippen LogP contribution is 2.23. The maximum atomic E-state index is 3.44. The van der Waals surface area contributed by atoms with Crippen LogP contribution in [0.15, 0.2) is 24.3 Å². The molecule has 2 heteroatoms. The van der Waals surface area contributed by atoms with Crippen molar-refractivity contribution in [2.45, 2.75) is 59.5 Å². The second-order valence-corrected chi connectivity index (χ2v) is 5.40. The first-order valence-electron chi connectivity index (χ1n) is 7.75. The Balaban J connectivity index is 2.82. The number of hydrogen-bond acceptors (Lipinski definition) is 2. The second-order valence-electron chi connectivity index (χ2n) is 5.40. The van der Waals surface area contributed by atoms with Gasteiger partial charge in [0.2, 0.25) is 0 Å². The molecular formula is C17H30N2. The standard InChI is InChI=1S/C17H30N2/c1-5-7-10-13-19(15(3)4)17-12-9-8-11-16(17)14-18-6-2/h8-9,11-12,15,18H,5-7,10,13-14H2,1-4H3. The molecule has 0 aliphatic carbocycles. The first-order chi connectivity index (χ1) is 9.20. The van der Waals surface area contributed by atoms with Crippen molar-refractivity contribution in [1.29, 1.82) is 0 Å². The van der Waals surface area contributed by atoms with E-state index in [1.54, 1.807) is 0 Å². The van der Waals surface area contributed by atoms with Crippen molar-refractivity contribution < 1.29 is 0 Å². The average molecular weight is 262 g/mol. The van der Waals surface area contributed by atoms with Crippen LogP contribution in [0.1, 0.15) is 52.5 Å². The first kappa shape index (κ1) is 16.0. The van der Waals surface area contributed by atoms with Crippen LogP contribution in [0.3, 0.4) is 0 Å². The van der Waals surface area contributed by atoms with E-state index in [0.717, 1.165) is 19.6 Å². The summed E-state index contributed by atoms with van der Waals surface area (Å²) in [5.74, 6) is 0. The fourth-order valence-electron chi connectivity index (χ4n) is 2.39. The Kier molecular flexibility index (Phi) is 7.57. The smallest absolute Gasteiger partial charge is 0.0414 e. The van der Waals surface area contributed by atoms with Gasteiger partial charge in [-0.25, -0.2) is 0 Å². The molecule has 1 aromatic carbocycles. The van der Waals surface area contributed by atoms with Gasteiger partial charge in [0.05, 0.1) is 0 Å². The Morgan fingerprint density at radius 2 is 1.84 bits per heavy atom. The summed E-state index contributed by atoms with van der Waals surface area (Å²) < 4.78 is 0. The van der Waals surface area contributed by atoms with Crippen molar-refractivity contribution in [3.8, 4) is 0 Å². The minimum absolute atomic E-state index is 0.555. The largest absolute Gasteiger partial charge is 0.369 e. The minimum atomic E-state index is 0.555.